The molecule has 6 nitrogen and oxygen atoms in total. The van der Waals surface area contributed by atoms with E-state index in [1.165, 1.54) is 122 Å². The first-order chi connectivity index (χ1) is 33.0. The molecular formula is C61H104O6. The van der Waals surface area contributed by atoms with Gasteiger partial charge >= 0.3 is 17.9 Å². The third-order valence-electron chi connectivity index (χ3n) is 11.9. The van der Waals surface area contributed by atoms with E-state index in [2.05, 4.69) is 106 Å². The van der Waals surface area contributed by atoms with E-state index in [0.717, 1.165) is 96.3 Å². The van der Waals surface area contributed by atoms with Crippen LogP contribution in [0, 0.1) is 0 Å². The maximum atomic E-state index is 12.8. The molecule has 0 heterocycles. The van der Waals surface area contributed by atoms with Crippen LogP contribution < -0.4 is 0 Å². The summed E-state index contributed by atoms with van der Waals surface area (Å²) in [7, 11) is 0. The summed E-state index contributed by atoms with van der Waals surface area (Å²) < 4.78 is 16.8. The highest BCUT2D eigenvalue weighted by atomic mass is 16.6. The van der Waals surface area contributed by atoms with Gasteiger partial charge in [0.15, 0.2) is 6.10 Å². The molecule has 0 radical (unpaired) electrons. The van der Waals surface area contributed by atoms with Gasteiger partial charge in [0.25, 0.3) is 0 Å². The van der Waals surface area contributed by atoms with Crippen molar-refractivity contribution in [2.75, 3.05) is 13.2 Å². The van der Waals surface area contributed by atoms with Gasteiger partial charge in [-0.3, -0.25) is 14.4 Å². The first-order valence-electron chi connectivity index (χ1n) is 28.1. The van der Waals surface area contributed by atoms with E-state index in [0.29, 0.717) is 19.3 Å². The van der Waals surface area contributed by atoms with Crippen molar-refractivity contribution in [3.8, 4) is 0 Å². The average molecular weight is 933 g/mol. The lowest BCUT2D eigenvalue weighted by molar-refractivity contribution is -0.167. The number of unbranched alkanes of at least 4 members (excludes halogenated alkanes) is 25. The lowest BCUT2D eigenvalue weighted by Gasteiger charge is -2.18. The minimum absolute atomic E-state index is 0.102. The third-order valence-corrected chi connectivity index (χ3v) is 11.9. The van der Waals surface area contributed by atoms with Crippen LogP contribution in [0.2, 0.25) is 0 Å². The summed E-state index contributed by atoms with van der Waals surface area (Å²) >= 11 is 0. The monoisotopic (exact) mass is 933 g/mol. The first kappa shape index (κ1) is 63.6. The van der Waals surface area contributed by atoms with Gasteiger partial charge in [-0.05, 0) is 109 Å². The molecule has 0 aromatic heterocycles. The van der Waals surface area contributed by atoms with Crippen LogP contribution in [-0.4, -0.2) is 37.2 Å². The van der Waals surface area contributed by atoms with Crippen molar-refractivity contribution in [1.29, 1.82) is 0 Å². The smallest absolute Gasteiger partial charge is 0.306 e. The van der Waals surface area contributed by atoms with Crippen LogP contribution >= 0.6 is 0 Å². The predicted octanol–water partition coefficient (Wildman–Crippen LogP) is 18.8. The van der Waals surface area contributed by atoms with E-state index in [1.54, 1.807) is 0 Å². The van der Waals surface area contributed by atoms with Crippen molar-refractivity contribution in [3.63, 3.8) is 0 Å². The summed E-state index contributed by atoms with van der Waals surface area (Å²) in [6.45, 7) is 6.47. The molecule has 0 aliphatic rings. The van der Waals surface area contributed by atoms with Crippen LogP contribution in [0.1, 0.15) is 265 Å². The van der Waals surface area contributed by atoms with Crippen molar-refractivity contribution in [1.82, 2.24) is 0 Å². The number of esters is 3. The second kappa shape index (κ2) is 55.2. The Bertz CT molecular complexity index is 1300. The highest BCUT2D eigenvalue weighted by molar-refractivity contribution is 5.71. The molecule has 0 saturated heterocycles. The molecular weight excluding hydrogens is 829 g/mol. The quantitative estimate of drug-likeness (QED) is 0.0262. The molecule has 0 rings (SSSR count). The zero-order valence-corrected chi connectivity index (χ0v) is 43.9. The Labute approximate surface area is 414 Å². The number of carbonyl (C=O) groups excluding carboxylic acids is 3. The van der Waals surface area contributed by atoms with Crippen LogP contribution in [0.25, 0.3) is 0 Å². The molecule has 0 aromatic carbocycles. The summed E-state index contributed by atoms with van der Waals surface area (Å²) in [4.78, 5) is 38.1. The predicted molar refractivity (Wildman–Crippen MR) is 288 cm³/mol. The molecule has 0 aliphatic carbocycles. The fourth-order valence-electron chi connectivity index (χ4n) is 7.64. The molecule has 1 unspecified atom stereocenters. The van der Waals surface area contributed by atoms with Crippen molar-refractivity contribution in [3.05, 3.63) is 85.1 Å². The van der Waals surface area contributed by atoms with E-state index >= 15 is 0 Å². The highest BCUT2D eigenvalue weighted by Crippen LogP contribution is 2.14. The minimum Gasteiger partial charge on any atom is -0.462 e. The number of hydrogen-bond donors (Lipinski definition) is 0. The SMILES string of the molecule is CC/C=C\C/C=C\C/C=C\CCCCCCCCC(=O)OC(COC(=O)CCC/C=C\C/C=C\C/C=C\CCCCCCCC)COC(=O)CCCCCCC/C=C\CCCCCCCCC. The van der Waals surface area contributed by atoms with Gasteiger partial charge in [0.2, 0.25) is 0 Å². The number of allylic oxidation sites excluding steroid dienone is 14. The molecule has 0 aliphatic heterocycles. The number of carbonyl (C=O) groups is 3. The Kier molecular flexibility index (Phi) is 52.4. The fraction of sp³-hybridized carbons (Fsp3) is 0.721. The van der Waals surface area contributed by atoms with Crippen LogP contribution in [0.3, 0.4) is 0 Å². The zero-order valence-electron chi connectivity index (χ0n) is 43.9. The molecule has 0 amide bonds. The summed E-state index contributed by atoms with van der Waals surface area (Å²) in [5, 5.41) is 0. The first-order valence-corrected chi connectivity index (χ1v) is 28.1. The van der Waals surface area contributed by atoms with Crippen LogP contribution in [-0.2, 0) is 28.6 Å². The van der Waals surface area contributed by atoms with E-state index in [9.17, 15) is 14.4 Å². The largest absolute Gasteiger partial charge is 0.462 e. The molecule has 1 atom stereocenters. The number of ether oxygens (including phenoxy) is 3. The van der Waals surface area contributed by atoms with Gasteiger partial charge in [-0.15, -0.1) is 0 Å². The van der Waals surface area contributed by atoms with E-state index < -0.39 is 6.10 Å². The van der Waals surface area contributed by atoms with E-state index in [1.807, 2.05) is 0 Å². The second-order valence-electron chi connectivity index (χ2n) is 18.5. The van der Waals surface area contributed by atoms with Gasteiger partial charge in [-0.2, -0.15) is 0 Å². The topological polar surface area (TPSA) is 78.9 Å². The van der Waals surface area contributed by atoms with Crippen LogP contribution in [0.5, 0.6) is 0 Å². The lowest BCUT2D eigenvalue weighted by atomic mass is 10.1. The lowest BCUT2D eigenvalue weighted by Crippen LogP contribution is -2.30. The Morgan fingerprint density at radius 1 is 0.313 bits per heavy atom. The summed E-state index contributed by atoms with van der Waals surface area (Å²) in [5.74, 6) is -0.973. The summed E-state index contributed by atoms with van der Waals surface area (Å²) in [6, 6.07) is 0. The molecule has 0 aromatic rings. The zero-order chi connectivity index (χ0) is 48.6. The van der Waals surface area contributed by atoms with Crippen LogP contribution in [0.4, 0.5) is 0 Å². The minimum atomic E-state index is -0.808. The van der Waals surface area contributed by atoms with Gasteiger partial charge < -0.3 is 14.2 Å². The molecule has 67 heavy (non-hydrogen) atoms. The molecule has 0 N–H and O–H groups in total. The maximum Gasteiger partial charge on any atom is 0.306 e. The van der Waals surface area contributed by atoms with Crippen molar-refractivity contribution < 1.29 is 28.6 Å². The molecule has 6 heteroatoms. The Morgan fingerprint density at radius 3 is 0.985 bits per heavy atom. The van der Waals surface area contributed by atoms with E-state index in [-0.39, 0.29) is 37.5 Å². The van der Waals surface area contributed by atoms with E-state index in [4.69, 9.17) is 14.2 Å². The maximum absolute atomic E-state index is 12.8. The van der Waals surface area contributed by atoms with Crippen LogP contribution in [0.15, 0.2) is 85.1 Å². The van der Waals surface area contributed by atoms with Gasteiger partial charge in [-0.1, -0.05) is 221 Å². The standard InChI is InChI=1S/C61H104O6/c1-4-7-10-13-16-19-22-25-28-31-34-36-39-42-45-48-51-54-60(63)66-57-58(67-61(64)55-52-49-46-43-40-37-33-30-27-24-21-18-15-12-9-6-3)56-65-59(62)53-50-47-44-41-38-35-32-29-26-23-20-17-14-11-8-5-2/h9,12,18,21,25,27-30,32,34,36,42,45,58H,4-8,10-11,13-17,19-20,22-24,26,31,33,35,37-41,43-44,46-57H2,1-3H3/b12-9-,21-18-,28-25-,30-27-,32-29-,36-34-,45-42-. The highest BCUT2D eigenvalue weighted by Gasteiger charge is 2.19. The Hall–Kier alpha value is -3.41. The molecule has 0 fully saturated rings. The van der Waals surface area contributed by atoms with Gasteiger partial charge in [0, 0.05) is 19.3 Å². The third kappa shape index (κ3) is 53.4. The molecule has 0 saturated carbocycles. The Morgan fingerprint density at radius 2 is 0.597 bits per heavy atom. The molecule has 0 spiro atoms. The normalized spacial score (nSPS) is 12.7. The number of rotatable bonds is 50. The van der Waals surface area contributed by atoms with Gasteiger partial charge in [0.1, 0.15) is 13.2 Å². The van der Waals surface area contributed by atoms with Crippen molar-refractivity contribution in [2.45, 2.75) is 271 Å². The summed E-state index contributed by atoms with van der Waals surface area (Å²) in [5.41, 5.74) is 0. The second-order valence-corrected chi connectivity index (χ2v) is 18.5. The van der Waals surface area contributed by atoms with Crippen molar-refractivity contribution in [2.24, 2.45) is 0 Å². The Balaban J connectivity index is 4.49. The van der Waals surface area contributed by atoms with Gasteiger partial charge in [0.05, 0.1) is 0 Å². The fourth-order valence-corrected chi connectivity index (χ4v) is 7.64. The number of hydrogen-bond acceptors (Lipinski definition) is 6. The summed E-state index contributed by atoms with van der Waals surface area (Å²) in [6.07, 6.45) is 71.5. The average Bonchev–Trinajstić information content (AvgIpc) is 3.33. The van der Waals surface area contributed by atoms with Gasteiger partial charge in [-0.25, -0.2) is 0 Å². The molecule has 384 valence electrons. The molecule has 0 bridgehead atoms. The van der Waals surface area contributed by atoms with Crippen molar-refractivity contribution >= 4 is 17.9 Å².